The minimum Gasteiger partial charge on any atom is -0.469 e. The molecule has 0 radical (unpaired) electrons. The first-order chi connectivity index (χ1) is 4.20. The normalized spacial score (nSPS) is 8.22. The molecule has 0 aliphatic rings. The van der Waals surface area contributed by atoms with Crippen molar-refractivity contribution in [3.63, 3.8) is 0 Å². The molecule has 0 spiro atoms. The SMILES string of the molecule is COC(=O)[14CH2]C(=O)OC. The van der Waals surface area contributed by atoms with E-state index in [1.165, 1.54) is 14.2 Å². The van der Waals surface area contributed by atoms with Gasteiger partial charge in [-0.05, 0) is 0 Å². The highest BCUT2D eigenvalue weighted by atomic mass is 16.6. The van der Waals surface area contributed by atoms with Gasteiger partial charge in [0.05, 0.1) is 14.2 Å². The van der Waals surface area contributed by atoms with Crippen molar-refractivity contribution in [3.05, 3.63) is 0 Å². The number of carbonyl (C=O) groups excluding carboxylic acids is 2. The number of carbonyl (C=O) groups is 2. The molecule has 0 atom stereocenters. The molecule has 0 aromatic rings. The third kappa shape index (κ3) is 3.52. The van der Waals surface area contributed by atoms with Crippen molar-refractivity contribution in [2.45, 2.75) is 6.42 Å². The molecule has 0 aliphatic carbocycles. The van der Waals surface area contributed by atoms with Gasteiger partial charge in [0.15, 0.2) is 0 Å². The van der Waals surface area contributed by atoms with E-state index >= 15 is 0 Å². The average molecular weight is 134 g/mol. The molecule has 4 nitrogen and oxygen atoms in total. The summed E-state index contributed by atoms with van der Waals surface area (Å²) in [6.07, 6.45) is -0.312. The van der Waals surface area contributed by atoms with Gasteiger partial charge in [-0.15, -0.1) is 0 Å². The second-order valence-corrected chi connectivity index (χ2v) is 1.33. The predicted molar refractivity (Wildman–Crippen MR) is 28.6 cm³/mol. The number of rotatable bonds is 2. The maximum atomic E-state index is 10.3. The smallest absolute Gasteiger partial charge is 0.316 e. The topological polar surface area (TPSA) is 52.6 Å². The van der Waals surface area contributed by atoms with E-state index in [0.717, 1.165) is 0 Å². The Kier molecular flexibility index (Phi) is 3.43. The number of methoxy groups -OCH3 is 2. The first kappa shape index (κ1) is 7.94. The second kappa shape index (κ2) is 3.88. The molecule has 0 aliphatic heterocycles. The van der Waals surface area contributed by atoms with E-state index in [0.29, 0.717) is 0 Å². The van der Waals surface area contributed by atoms with Crippen molar-refractivity contribution in [1.82, 2.24) is 0 Å². The van der Waals surface area contributed by atoms with Crippen LogP contribution in [0.4, 0.5) is 0 Å². The van der Waals surface area contributed by atoms with Crippen LogP contribution in [0.3, 0.4) is 0 Å². The summed E-state index contributed by atoms with van der Waals surface area (Å²) in [7, 11) is 2.43. The largest absolute Gasteiger partial charge is 0.469 e. The van der Waals surface area contributed by atoms with Crippen LogP contribution in [0, 0.1) is 0 Å². The van der Waals surface area contributed by atoms with Crippen LogP contribution < -0.4 is 0 Å². The van der Waals surface area contributed by atoms with Crippen LogP contribution in [0.2, 0.25) is 0 Å². The Morgan fingerprint density at radius 2 is 1.44 bits per heavy atom. The second-order valence-electron chi connectivity index (χ2n) is 1.33. The van der Waals surface area contributed by atoms with Crippen LogP contribution in [-0.4, -0.2) is 26.2 Å². The fourth-order valence-corrected chi connectivity index (χ4v) is 0.262. The van der Waals surface area contributed by atoms with E-state index in [9.17, 15) is 9.59 Å². The molecule has 0 saturated carbocycles. The standard InChI is InChI=1S/C5H8O4/c1-8-4(6)3-5(7)9-2/h3H2,1-2H3/i3+2. The zero-order valence-electron chi connectivity index (χ0n) is 5.34. The average Bonchev–Trinajstić information content (AvgIpc) is 1.87. The van der Waals surface area contributed by atoms with Gasteiger partial charge in [0.25, 0.3) is 0 Å². The third-order valence-corrected chi connectivity index (χ3v) is 0.744. The molecule has 0 N–H and O–H groups in total. The molecule has 0 unspecified atom stereocenters. The molecule has 0 fully saturated rings. The maximum absolute atomic E-state index is 10.3. The van der Waals surface area contributed by atoms with E-state index < -0.39 is 11.9 Å². The molecule has 4 heteroatoms. The van der Waals surface area contributed by atoms with Crippen LogP contribution in [-0.2, 0) is 19.1 Å². The van der Waals surface area contributed by atoms with Gasteiger partial charge in [-0.25, -0.2) is 0 Å². The molecule has 0 amide bonds. The molecule has 0 bridgehead atoms. The predicted octanol–water partition coefficient (Wildman–Crippen LogP) is -0.278. The first-order valence-corrected chi connectivity index (χ1v) is 2.34. The Balaban J connectivity index is 3.47. The molecule has 0 saturated heterocycles. The van der Waals surface area contributed by atoms with Crippen molar-refractivity contribution in [2.24, 2.45) is 0 Å². The van der Waals surface area contributed by atoms with E-state index in [1.807, 2.05) is 0 Å². The van der Waals surface area contributed by atoms with Crippen molar-refractivity contribution in [2.75, 3.05) is 14.2 Å². The molecule has 0 rings (SSSR count). The third-order valence-electron chi connectivity index (χ3n) is 0.744. The summed E-state index contributed by atoms with van der Waals surface area (Å²) in [5.41, 5.74) is 0. The van der Waals surface area contributed by atoms with Gasteiger partial charge in [-0.3, -0.25) is 9.59 Å². The first-order valence-electron chi connectivity index (χ1n) is 2.34. The van der Waals surface area contributed by atoms with E-state index in [1.54, 1.807) is 0 Å². The highest BCUT2D eigenvalue weighted by Gasteiger charge is 2.07. The van der Waals surface area contributed by atoms with Crippen molar-refractivity contribution in [1.29, 1.82) is 0 Å². The lowest BCUT2D eigenvalue weighted by atomic mass is 11.0. The molecule has 0 heterocycles. The zero-order valence-corrected chi connectivity index (χ0v) is 5.34. The van der Waals surface area contributed by atoms with Gasteiger partial charge in [0.1, 0.15) is 6.42 Å². The molecule has 52 valence electrons. The van der Waals surface area contributed by atoms with Gasteiger partial charge in [0.2, 0.25) is 0 Å². The van der Waals surface area contributed by atoms with Gasteiger partial charge in [-0.2, -0.15) is 0 Å². The Morgan fingerprint density at radius 1 is 1.11 bits per heavy atom. The Morgan fingerprint density at radius 3 is 1.67 bits per heavy atom. The summed E-state index contributed by atoms with van der Waals surface area (Å²) in [6.45, 7) is 0. The number of esters is 2. The quantitative estimate of drug-likeness (QED) is 0.385. The van der Waals surface area contributed by atoms with Crippen molar-refractivity contribution in [3.8, 4) is 0 Å². The van der Waals surface area contributed by atoms with Crippen LogP contribution in [0.1, 0.15) is 6.42 Å². The Bertz CT molecular complexity index is 104. The van der Waals surface area contributed by atoms with E-state index in [2.05, 4.69) is 9.47 Å². The molecule has 0 aromatic heterocycles. The zero-order chi connectivity index (χ0) is 7.28. The van der Waals surface area contributed by atoms with Crippen LogP contribution in [0.15, 0.2) is 0 Å². The molecular weight excluding hydrogens is 126 g/mol. The minimum atomic E-state index is -0.582. The number of ether oxygens (including phenoxy) is 2. The fraction of sp³-hybridized carbons (Fsp3) is 0.600. The van der Waals surface area contributed by atoms with Crippen molar-refractivity contribution >= 4 is 11.9 Å². The molecule has 9 heavy (non-hydrogen) atoms. The van der Waals surface area contributed by atoms with Crippen LogP contribution in [0.25, 0.3) is 0 Å². The van der Waals surface area contributed by atoms with Gasteiger partial charge >= 0.3 is 11.9 Å². The monoisotopic (exact) mass is 134 g/mol. The van der Waals surface area contributed by atoms with Crippen LogP contribution in [0.5, 0.6) is 0 Å². The molecular formula is C5H8O4. The summed E-state index contributed by atoms with van der Waals surface area (Å²) in [6, 6.07) is 0. The highest BCUT2D eigenvalue weighted by molar-refractivity contribution is 5.90. The van der Waals surface area contributed by atoms with Gasteiger partial charge in [0, 0.05) is 0 Å². The highest BCUT2D eigenvalue weighted by Crippen LogP contribution is 1.85. The summed E-state index contributed by atoms with van der Waals surface area (Å²) >= 11 is 0. The number of hydrogen-bond donors (Lipinski definition) is 0. The summed E-state index contributed by atoms with van der Waals surface area (Å²) in [5.74, 6) is -1.16. The summed E-state index contributed by atoms with van der Waals surface area (Å²) in [4.78, 5) is 20.5. The summed E-state index contributed by atoms with van der Waals surface area (Å²) in [5, 5.41) is 0. The van der Waals surface area contributed by atoms with E-state index in [-0.39, 0.29) is 6.42 Å². The Hall–Kier alpha value is -1.06. The van der Waals surface area contributed by atoms with Gasteiger partial charge in [-0.1, -0.05) is 0 Å². The lowest BCUT2D eigenvalue weighted by Crippen LogP contribution is -2.09. The van der Waals surface area contributed by atoms with E-state index in [4.69, 9.17) is 0 Å². The van der Waals surface area contributed by atoms with Crippen LogP contribution >= 0.6 is 0 Å². The maximum Gasteiger partial charge on any atom is 0.316 e. The molecule has 0 aromatic carbocycles. The lowest BCUT2D eigenvalue weighted by Gasteiger charge is -1.95. The lowest BCUT2D eigenvalue weighted by molar-refractivity contribution is -0.151. The summed E-state index contributed by atoms with van der Waals surface area (Å²) < 4.78 is 8.37. The minimum absolute atomic E-state index is 0.312. The Labute approximate surface area is 52.7 Å². The fourth-order valence-electron chi connectivity index (χ4n) is 0.262. The van der Waals surface area contributed by atoms with Crippen molar-refractivity contribution < 1.29 is 19.1 Å². The van der Waals surface area contributed by atoms with Gasteiger partial charge < -0.3 is 9.47 Å². The number of hydrogen-bond acceptors (Lipinski definition) is 4.